The molecule has 0 radical (unpaired) electrons. The summed E-state index contributed by atoms with van der Waals surface area (Å²) in [5, 5.41) is 4.32. The number of benzene rings is 1. The lowest BCUT2D eigenvalue weighted by atomic mass is 10.0. The third-order valence-corrected chi connectivity index (χ3v) is 8.48. The highest BCUT2D eigenvalue weighted by atomic mass is 32.1. The van der Waals surface area contributed by atoms with Gasteiger partial charge in [0.05, 0.1) is 5.39 Å². The molecule has 2 amide bonds. The van der Waals surface area contributed by atoms with Crippen LogP contribution in [0.1, 0.15) is 54.1 Å². The second-order valence-electron chi connectivity index (χ2n) is 10.1. The molecule has 0 bridgehead atoms. The number of likely N-dealkylation sites (N-methyl/N-ethyl adjacent to an activating group) is 1. The van der Waals surface area contributed by atoms with Gasteiger partial charge in [-0.25, -0.2) is 14.8 Å². The van der Waals surface area contributed by atoms with Gasteiger partial charge < -0.3 is 15.1 Å². The fraction of sp³-hybridized carbons (Fsp3) is 0.519. The molecule has 0 aliphatic carbocycles. The van der Waals surface area contributed by atoms with Crippen LogP contribution in [0.2, 0.25) is 0 Å². The molecule has 186 valence electrons. The van der Waals surface area contributed by atoms with Gasteiger partial charge in [-0.2, -0.15) is 0 Å². The highest BCUT2D eigenvalue weighted by Gasteiger charge is 2.29. The lowest BCUT2D eigenvalue weighted by Gasteiger charge is -2.36. The number of hydrogen-bond donors (Lipinski definition) is 1. The Hall–Kier alpha value is -2.71. The van der Waals surface area contributed by atoms with Crippen molar-refractivity contribution in [3.05, 3.63) is 45.6 Å². The average molecular weight is 493 g/mol. The maximum atomic E-state index is 12.9. The van der Waals surface area contributed by atoms with Crippen LogP contribution in [-0.4, -0.2) is 65.1 Å². The van der Waals surface area contributed by atoms with Crippen LogP contribution in [0.4, 0.5) is 16.3 Å². The number of nitrogens with one attached hydrogen (secondary N) is 1. The molecule has 35 heavy (non-hydrogen) atoms. The Labute approximate surface area is 212 Å². The summed E-state index contributed by atoms with van der Waals surface area (Å²) in [6.45, 7) is 16.8. The molecule has 1 aromatic carbocycles. The van der Waals surface area contributed by atoms with E-state index >= 15 is 0 Å². The average Bonchev–Trinajstić information content (AvgIpc) is 3.23. The first-order chi connectivity index (χ1) is 16.8. The van der Waals surface area contributed by atoms with Crippen molar-refractivity contribution in [2.24, 2.45) is 0 Å². The minimum Gasteiger partial charge on any atom is -0.352 e. The zero-order valence-electron chi connectivity index (χ0n) is 21.5. The predicted octanol–water partition coefficient (Wildman–Crippen LogP) is 5.16. The van der Waals surface area contributed by atoms with Crippen LogP contribution >= 0.6 is 11.3 Å². The molecular formula is C27H36N6OS. The summed E-state index contributed by atoms with van der Waals surface area (Å²) >= 11 is 1.84. The number of aryl methyl sites for hydroxylation is 2. The lowest BCUT2D eigenvalue weighted by molar-refractivity contribution is 0.208. The van der Waals surface area contributed by atoms with Crippen molar-refractivity contribution < 1.29 is 4.79 Å². The molecule has 8 heteroatoms. The Morgan fingerprint density at radius 2 is 1.86 bits per heavy atom. The normalized spacial score (nSPS) is 16.7. The largest absolute Gasteiger partial charge is 0.352 e. The van der Waals surface area contributed by atoms with Crippen molar-refractivity contribution in [1.29, 1.82) is 0 Å². The van der Waals surface area contributed by atoms with Crippen molar-refractivity contribution >= 4 is 39.1 Å². The van der Waals surface area contributed by atoms with Gasteiger partial charge in [-0.05, 0) is 55.6 Å². The molecule has 0 unspecified atom stereocenters. The minimum atomic E-state index is -0.0313. The summed E-state index contributed by atoms with van der Waals surface area (Å²) in [4.78, 5) is 32.4. The fourth-order valence-electron chi connectivity index (χ4n) is 4.94. The molecule has 0 atom stereocenters. The second kappa shape index (κ2) is 9.74. The standard InChI is InChI=1S/C27H36N6OS/c1-6-31-10-9-21-22(16-31)35-26-23(21)25(29-24(30-26)17(2)3)32-11-13-33(14-12-32)27(34)28-20-8-7-18(4)19(5)15-20/h7-8,15,17H,6,9-14,16H2,1-5H3,(H,28,34). The first-order valence-corrected chi connectivity index (χ1v) is 13.6. The van der Waals surface area contributed by atoms with Crippen LogP contribution in [0, 0.1) is 13.8 Å². The number of nitrogens with zero attached hydrogens (tertiary/aromatic N) is 5. The molecule has 2 aliphatic heterocycles. The number of piperazine rings is 1. The molecule has 5 rings (SSSR count). The van der Waals surface area contributed by atoms with Gasteiger partial charge >= 0.3 is 6.03 Å². The van der Waals surface area contributed by atoms with Crippen molar-refractivity contribution in [3.63, 3.8) is 0 Å². The van der Waals surface area contributed by atoms with Crippen LogP contribution in [0.5, 0.6) is 0 Å². The third kappa shape index (κ3) is 4.74. The fourth-order valence-corrected chi connectivity index (χ4v) is 6.21. The van der Waals surface area contributed by atoms with E-state index in [-0.39, 0.29) is 11.9 Å². The molecule has 2 aliphatic rings. The number of rotatable bonds is 4. The molecule has 3 aromatic rings. The number of hydrogen-bond acceptors (Lipinski definition) is 6. The molecule has 0 spiro atoms. The summed E-state index contributed by atoms with van der Waals surface area (Å²) < 4.78 is 0. The number of aromatic nitrogens is 2. The van der Waals surface area contributed by atoms with E-state index in [0.717, 1.165) is 61.3 Å². The first-order valence-electron chi connectivity index (χ1n) is 12.8. The Morgan fingerprint density at radius 3 is 2.54 bits per heavy atom. The number of carbonyl (C=O) groups excluding carboxylic acids is 1. The van der Waals surface area contributed by atoms with Gasteiger partial charge in [0, 0.05) is 55.8 Å². The second-order valence-corrected chi connectivity index (χ2v) is 11.1. The third-order valence-electron chi connectivity index (χ3n) is 7.37. The maximum absolute atomic E-state index is 12.9. The topological polar surface area (TPSA) is 64.6 Å². The van der Waals surface area contributed by atoms with Crippen LogP contribution in [0.25, 0.3) is 10.2 Å². The summed E-state index contributed by atoms with van der Waals surface area (Å²) in [6, 6.07) is 6.03. The SMILES string of the molecule is CCN1CCc2c(sc3nc(C(C)C)nc(N4CCN(C(=O)Nc5ccc(C)c(C)c5)CC4)c23)C1. The quantitative estimate of drug-likeness (QED) is 0.545. The number of fused-ring (bicyclic) bond motifs is 3. The van der Waals surface area contributed by atoms with Crippen LogP contribution in [0.3, 0.4) is 0 Å². The van der Waals surface area contributed by atoms with Gasteiger partial charge in [-0.1, -0.05) is 26.8 Å². The molecule has 1 N–H and O–H groups in total. The molecule has 2 aromatic heterocycles. The highest BCUT2D eigenvalue weighted by Crippen LogP contribution is 2.39. The Morgan fingerprint density at radius 1 is 1.09 bits per heavy atom. The van der Waals surface area contributed by atoms with E-state index in [9.17, 15) is 4.79 Å². The van der Waals surface area contributed by atoms with Crippen molar-refractivity contribution in [2.45, 2.75) is 53.5 Å². The summed E-state index contributed by atoms with van der Waals surface area (Å²) in [7, 11) is 0. The minimum absolute atomic E-state index is 0.0313. The van der Waals surface area contributed by atoms with E-state index in [2.05, 4.69) is 55.8 Å². The van der Waals surface area contributed by atoms with E-state index < -0.39 is 0 Å². The Bertz CT molecular complexity index is 1240. The maximum Gasteiger partial charge on any atom is 0.321 e. The summed E-state index contributed by atoms with van der Waals surface area (Å²) in [5.41, 5.74) is 4.70. The molecule has 7 nitrogen and oxygen atoms in total. The van der Waals surface area contributed by atoms with Gasteiger partial charge in [-0.3, -0.25) is 4.90 Å². The van der Waals surface area contributed by atoms with Crippen LogP contribution in [-0.2, 0) is 13.0 Å². The van der Waals surface area contributed by atoms with Crippen molar-refractivity contribution in [3.8, 4) is 0 Å². The zero-order chi connectivity index (χ0) is 24.7. The predicted molar refractivity (Wildman–Crippen MR) is 145 cm³/mol. The summed E-state index contributed by atoms with van der Waals surface area (Å²) in [6.07, 6.45) is 1.05. The zero-order valence-corrected chi connectivity index (χ0v) is 22.3. The monoisotopic (exact) mass is 492 g/mol. The Kier molecular flexibility index (Phi) is 6.68. The van der Waals surface area contributed by atoms with Gasteiger partial charge in [0.25, 0.3) is 0 Å². The van der Waals surface area contributed by atoms with E-state index in [1.54, 1.807) is 0 Å². The Balaban J connectivity index is 1.36. The molecule has 0 saturated carbocycles. The molecule has 4 heterocycles. The van der Waals surface area contributed by atoms with Crippen LogP contribution in [0.15, 0.2) is 18.2 Å². The number of amides is 2. The van der Waals surface area contributed by atoms with Gasteiger partial charge in [-0.15, -0.1) is 11.3 Å². The number of urea groups is 1. The first kappa shape index (κ1) is 24.0. The molecule has 1 fully saturated rings. The molecule has 1 saturated heterocycles. The van der Waals surface area contributed by atoms with Gasteiger partial charge in [0.2, 0.25) is 0 Å². The number of carbonyl (C=O) groups is 1. The van der Waals surface area contributed by atoms with E-state index in [4.69, 9.17) is 9.97 Å². The van der Waals surface area contributed by atoms with E-state index in [1.807, 2.05) is 28.4 Å². The highest BCUT2D eigenvalue weighted by molar-refractivity contribution is 7.19. The van der Waals surface area contributed by atoms with E-state index in [0.29, 0.717) is 13.1 Å². The number of anilines is 2. The van der Waals surface area contributed by atoms with E-state index in [1.165, 1.54) is 27.0 Å². The lowest BCUT2D eigenvalue weighted by Crippen LogP contribution is -2.50. The van der Waals surface area contributed by atoms with Gasteiger partial charge in [0.1, 0.15) is 16.5 Å². The smallest absolute Gasteiger partial charge is 0.321 e. The van der Waals surface area contributed by atoms with Crippen LogP contribution < -0.4 is 10.2 Å². The summed E-state index contributed by atoms with van der Waals surface area (Å²) in [5.74, 6) is 2.25. The van der Waals surface area contributed by atoms with Gasteiger partial charge in [0.15, 0.2) is 0 Å². The van der Waals surface area contributed by atoms with Crippen molar-refractivity contribution in [2.75, 3.05) is 49.5 Å². The number of thiophene rings is 1. The van der Waals surface area contributed by atoms with Crippen molar-refractivity contribution in [1.82, 2.24) is 19.8 Å². The molecular weight excluding hydrogens is 456 g/mol.